The summed E-state index contributed by atoms with van der Waals surface area (Å²) in [4.78, 5) is 12.7. The number of hydrogen-bond acceptors (Lipinski definition) is 5. The Balaban J connectivity index is 1.35. The summed E-state index contributed by atoms with van der Waals surface area (Å²) in [5.41, 5.74) is 2.06. The van der Waals surface area contributed by atoms with E-state index in [0.717, 1.165) is 5.56 Å². The molecule has 3 aromatic rings. The van der Waals surface area contributed by atoms with Crippen LogP contribution < -0.4 is 10.1 Å². The van der Waals surface area contributed by atoms with Gasteiger partial charge in [-0.15, -0.1) is 0 Å². The highest BCUT2D eigenvalue weighted by Crippen LogP contribution is 2.20. The van der Waals surface area contributed by atoms with Gasteiger partial charge in [-0.2, -0.15) is 4.31 Å². The van der Waals surface area contributed by atoms with Crippen molar-refractivity contribution in [3.63, 3.8) is 0 Å². The Morgan fingerprint density at radius 1 is 0.906 bits per heavy atom. The summed E-state index contributed by atoms with van der Waals surface area (Å²) in [5.74, 6) is 0.378. The molecule has 7 nitrogen and oxygen atoms in total. The average molecular weight is 453 g/mol. The highest BCUT2D eigenvalue weighted by atomic mass is 32.2. The molecule has 4 rings (SSSR count). The van der Waals surface area contributed by atoms with Crippen LogP contribution in [0.2, 0.25) is 0 Å². The van der Waals surface area contributed by atoms with Crippen LogP contribution in [0.4, 0.5) is 5.69 Å². The van der Waals surface area contributed by atoms with E-state index in [4.69, 9.17) is 9.47 Å². The molecule has 0 aliphatic carbocycles. The molecule has 1 aliphatic heterocycles. The van der Waals surface area contributed by atoms with E-state index < -0.39 is 10.0 Å². The molecule has 8 heteroatoms. The van der Waals surface area contributed by atoms with Crippen molar-refractivity contribution >= 4 is 21.6 Å². The van der Waals surface area contributed by atoms with E-state index in [0.29, 0.717) is 49.9 Å². The Bertz CT molecular complexity index is 1140. The summed E-state index contributed by atoms with van der Waals surface area (Å²) in [6, 6.07) is 22.9. The molecule has 1 fully saturated rings. The number of nitrogens with one attached hydrogen (secondary N) is 1. The molecular formula is C24H24N2O5S. The molecule has 0 saturated carbocycles. The maximum absolute atomic E-state index is 12.7. The Morgan fingerprint density at radius 3 is 2.22 bits per heavy atom. The first kappa shape index (κ1) is 22.0. The minimum atomic E-state index is -3.59. The Kier molecular flexibility index (Phi) is 6.84. The normalized spacial score (nSPS) is 14.6. The predicted octanol–water partition coefficient (Wildman–Crippen LogP) is 3.54. The summed E-state index contributed by atoms with van der Waals surface area (Å²) in [6.45, 7) is 1.89. The van der Waals surface area contributed by atoms with Crippen LogP contribution in [0.25, 0.3) is 0 Å². The second-order valence-electron chi connectivity index (χ2n) is 7.29. The summed E-state index contributed by atoms with van der Waals surface area (Å²) in [7, 11) is -3.59. The zero-order chi connectivity index (χ0) is 22.4. The molecule has 0 radical (unpaired) electrons. The predicted molar refractivity (Wildman–Crippen MR) is 121 cm³/mol. The van der Waals surface area contributed by atoms with Crippen molar-refractivity contribution in [3.8, 4) is 5.75 Å². The number of sulfonamides is 1. The highest BCUT2D eigenvalue weighted by Gasteiger charge is 2.26. The summed E-state index contributed by atoms with van der Waals surface area (Å²) < 4.78 is 37.7. The fraction of sp³-hybridized carbons (Fsp3) is 0.208. The standard InChI is InChI=1S/C24H24N2O5S/c27-24(20-6-12-23(13-7-20)32(28,29)26-14-16-30-17-15-26)25-21-8-10-22(11-9-21)31-18-19-4-2-1-3-5-19/h1-13H,14-18H2,(H,25,27). The molecule has 0 spiro atoms. The minimum absolute atomic E-state index is 0.163. The van der Waals surface area contributed by atoms with Crippen molar-refractivity contribution in [2.24, 2.45) is 0 Å². The van der Waals surface area contributed by atoms with Crippen molar-refractivity contribution in [2.75, 3.05) is 31.6 Å². The SMILES string of the molecule is O=C(Nc1ccc(OCc2ccccc2)cc1)c1ccc(S(=O)(=O)N2CCOCC2)cc1. The number of carbonyl (C=O) groups excluding carboxylic acids is 1. The molecule has 3 aromatic carbocycles. The lowest BCUT2D eigenvalue weighted by molar-refractivity contribution is 0.0730. The number of ether oxygens (including phenoxy) is 2. The molecule has 1 heterocycles. The number of carbonyl (C=O) groups is 1. The maximum Gasteiger partial charge on any atom is 0.255 e. The van der Waals surface area contributed by atoms with Gasteiger partial charge in [0.2, 0.25) is 10.0 Å². The average Bonchev–Trinajstić information content (AvgIpc) is 2.85. The first-order valence-corrected chi connectivity index (χ1v) is 11.7. The molecule has 0 atom stereocenters. The van der Waals surface area contributed by atoms with E-state index in [-0.39, 0.29) is 10.8 Å². The Hall–Kier alpha value is -3.20. The van der Waals surface area contributed by atoms with E-state index >= 15 is 0 Å². The maximum atomic E-state index is 12.7. The van der Waals surface area contributed by atoms with Crippen LogP contribution in [0.1, 0.15) is 15.9 Å². The molecule has 0 bridgehead atoms. The van der Waals surface area contributed by atoms with Gasteiger partial charge in [0.1, 0.15) is 12.4 Å². The monoisotopic (exact) mass is 452 g/mol. The first-order valence-electron chi connectivity index (χ1n) is 10.3. The third-order valence-corrected chi connectivity index (χ3v) is 7.00. The van der Waals surface area contributed by atoms with Crippen LogP contribution in [0.5, 0.6) is 5.75 Å². The fourth-order valence-corrected chi connectivity index (χ4v) is 4.70. The zero-order valence-electron chi connectivity index (χ0n) is 17.4. The molecule has 1 N–H and O–H groups in total. The lowest BCUT2D eigenvalue weighted by atomic mass is 10.2. The van der Waals surface area contributed by atoms with Gasteiger partial charge >= 0.3 is 0 Å². The molecule has 0 aromatic heterocycles. The Labute approximate surface area is 187 Å². The summed E-state index contributed by atoms with van der Waals surface area (Å²) in [6.07, 6.45) is 0. The van der Waals surface area contributed by atoms with Crippen molar-refractivity contribution in [1.82, 2.24) is 4.31 Å². The minimum Gasteiger partial charge on any atom is -0.489 e. The number of rotatable bonds is 7. The highest BCUT2D eigenvalue weighted by molar-refractivity contribution is 7.89. The molecular weight excluding hydrogens is 428 g/mol. The largest absolute Gasteiger partial charge is 0.489 e. The number of nitrogens with zero attached hydrogens (tertiary/aromatic N) is 1. The van der Waals surface area contributed by atoms with Crippen LogP contribution in [0.15, 0.2) is 83.8 Å². The van der Waals surface area contributed by atoms with Crippen molar-refractivity contribution in [2.45, 2.75) is 11.5 Å². The molecule has 1 saturated heterocycles. The van der Waals surface area contributed by atoms with Gasteiger partial charge in [0.15, 0.2) is 0 Å². The number of morpholine rings is 1. The zero-order valence-corrected chi connectivity index (χ0v) is 18.3. The van der Waals surface area contributed by atoms with Gasteiger partial charge in [-0.25, -0.2) is 8.42 Å². The number of anilines is 1. The first-order chi connectivity index (χ1) is 15.5. The van der Waals surface area contributed by atoms with E-state index in [1.54, 1.807) is 24.3 Å². The van der Waals surface area contributed by atoms with E-state index in [1.807, 2.05) is 30.3 Å². The third-order valence-electron chi connectivity index (χ3n) is 5.08. The van der Waals surface area contributed by atoms with Crippen molar-refractivity contribution in [3.05, 3.63) is 90.0 Å². The van der Waals surface area contributed by atoms with Crippen molar-refractivity contribution in [1.29, 1.82) is 0 Å². The smallest absolute Gasteiger partial charge is 0.255 e. The van der Waals surface area contributed by atoms with Crippen molar-refractivity contribution < 1.29 is 22.7 Å². The second kappa shape index (κ2) is 9.95. The van der Waals surface area contributed by atoms with E-state index in [1.165, 1.54) is 28.6 Å². The number of hydrogen-bond donors (Lipinski definition) is 1. The fourth-order valence-electron chi connectivity index (χ4n) is 3.29. The molecule has 0 unspecified atom stereocenters. The molecule has 32 heavy (non-hydrogen) atoms. The second-order valence-corrected chi connectivity index (χ2v) is 9.23. The molecule has 166 valence electrons. The van der Waals surface area contributed by atoms with Gasteiger partial charge in [0.05, 0.1) is 18.1 Å². The molecule has 1 amide bonds. The number of amides is 1. The summed E-state index contributed by atoms with van der Waals surface area (Å²) in [5, 5.41) is 2.81. The van der Waals surface area contributed by atoms with Crippen LogP contribution in [-0.2, 0) is 21.4 Å². The lowest BCUT2D eigenvalue weighted by Crippen LogP contribution is -2.40. The Morgan fingerprint density at radius 2 is 1.56 bits per heavy atom. The third kappa shape index (κ3) is 5.34. The van der Waals surface area contributed by atoms with Gasteiger partial charge in [0.25, 0.3) is 5.91 Å². The topological polar surface area (TPSA) is 84.9 Å². The molecule has 1 aliphatic rings. The van der Waals surface area contributed by atoms with Gasteiger partial charge in [-0.1, -0.05) is 30.3 Å². The van der Waals surface area contributed by atoms with Gasteiger partial charge in [-0.3, -0.25) is 4.79 Å². The van der Waals surface area contributed by atoms with Crippen LogP contribution >= 0.6 is 0 Å². The quantitative estimate of drug-likeness (QED) is 0.593. The van der Waals surface area contributed by atoms with Crippen LogP contribution in [0, 0.1) is 0 Å². The van der Waals surface area contributed by atoms with Crippen LogP contribution in [-0.4, -0.2) is 44.9 Å². The lowest BCUT2D eigenvalue weighted by Gasteiger charge is -2.26. The van der Waals surface area contributed by atoms with Gasteiger partial charge in [0, 0.05) is 24.3 Å². The van der Waals surface area contributed by atoms with E-state index in [2.05, 4.69) is 5.32 Å². The summed E-state index contributed by atoms with van der Waals surface area (Å²) >= 11 is 0. The number of benzene rings is 3. The van der Waals surface area contributed by atoms with Gasteiger partial charge in [-0.05, 0) is 54.1 Å². The van der Waals surface area contributed by atoms with E-state index in [9.17, 15) is 13.2 Å². The van der Waals surface area contributed by atoms with Crippen LogP contribution in [0.3, 0.4) is 0 Å². The van der Waals surface area contributed by atoms with Gasteiger partial charge < -0.3 is 14.8 Å².